The molecule has 1 rings (SSSR count). The first kappa shape index (κ1) is 3.44. The highest BCUT2D eigenvalue weighted by atomic mass is 32.1. The van der Waals surface area contributed by atoms with E-state index in [1.807, 2.05) is 0 Å². The van der Waals surface area contributed by atoms with Crippen molar-refractivity contribution in [3.05, 3.63) is 29.7 Å². The molecule has 0 atom stereocenters. The fourth-order valence-electron chi connectivity index (χ4n) is 0.461. The zero-order valence-corrected chi connectivity index (χ0v) is 5.70. The van der Waals surface area contributed by atoms with Crippen molar-refractivity contribution in [2.75, 3.05) is 0 Å². The number of carboxylic acids is 1. The van der Waals surface area contributed by atoms with Crippen LogP contribution in [0.1, 0.15) is 15.8 Å². The number of carboxylic acid groups (broad SMARTS) is 1. The molecule has 0 aliphatic heterocycles. The van der Waals surface area contributed by atoms with E-state index in [9.17, 15) is 4.79 Å². The van der Waals surface area contributed by atoms with E-state index < -0.39 is 35.7 Å². The normalized spacial score (nSPS) is 14.9. The van der Waals surface area contributed by atoms with Gasteiger partial charge in [-0.2, -0.15) is 0 Å². The largest absolute Gasteiger partial charge is 0.478 e. The minimum absolute atomic E-state index is 0.247. The quantitative estimate of drug-likeness (QED) is 0.610. The minimum atomic E-state index is -1.41. The lowest BCUT2D eigenvalue weighted by Gasteiger charge is -1.95. The van der Waals surface area contributed by atoms with Crippen molar-refractivity contribution in [3.8, 4) is 0 Å². The van der Waals surface area contributed by atoms with Gasteiger partial charge in [-0.25, -0.2) is 4.79 Å². The van der Waals surface area contributed by atoms with Gasteiger partial charge in [-0.05, 0) is 12.1 Å². The Morgan fingerprint density at radius 1 is 1.60 bits per heavy atom. The van der Waals surface area contributed by atoms with Gasteiger partial charge in [0.15, 0.2) is 0 Å². The average molecular weight is 158 g/mol. The molecule has 52 valence electrons. The van der Waals surface area contributed by atoms with E-state index in [0.29, 0.717) is 0 Å². The number of hydrogen-bond acceptors (Lipinski definition) is 2. The molecule has 0 unspecified atom stereocenters. The molecule has 0 heterocycles. The molecule has 1 aromatic rings. The Labute approximate surface area is 69.5 Å². The standard InChI is InChI=1S/C7H6O2S/c8-7(9)5-3-1-2-4-6(5)10/h1-4,10H,(H,8,9)/i1D,2D,3D,4D. The Morgan fingerprint density at radius 3 is 2.80 bits per heavy atom. The molecule has 0 aliphatic carbocycles. The molecule has 0 bridgehead atoms. The van der Waals surface area contributed by atoms with Crippen LogP contribution >= 0.6 is 12.6 Å². The third-order valence-corrected chi connectivity index (χ3v) is 1.22. The second kappa shape index (κ2) is 2.75. The summed E-state index contributed by atoms with van der Waals surface area (Å²) in [5.74, 6) is -1.41. The summed E-state index contributed by atoms with van der Waals surface area (Å²) < 4.78 is 29.0. The van der Waals surface area contributed by atoms with E-state index in [1.165, 1.54) is 0 Å². The summed E-state index contributed by atoms with van der Waals surface area (Å²) in [6.45, 7) is 0. The van der Waals surface area contributed by atoms with Gasteiger partial charge in [-0.3, -0.25) is 0 Å². The fraction of sp³-hybridized carbons (Fsp3) is 0. The first-order valence-electron chi connectivity index (χ1n) is 4.40. The van der Waals surface area contributed by atoms with E-state index in [2.05, 4.69) is 12.6 Å². The second-order valence-electron chi connectivity index (χ2n) is 1.53. The highest BCUT2D eigenvalue weighted by molar-refractivity contribution is 7.80. The predicted molar refractivity (Wildman–Crippen MR) is 40.7 cm³/mol. The third kappa shape index (κ3) is 1.30. The molecular formula is C7H6O2S. The monoisotopic (exact) mass is 158 g/mol. The van der Waals surface area contributed by atoms with Gasteiger partial charge >= 0.3 is 5.97 Å². The number of aromatic carboxylic acids is 1. The molecule has 0 fully saturated rings. The van der Waals surface area contributed by atoms with Gasteiger partial charge in [-0.15, -0.1) is 12.6 Å². The van der Waals surface area contributed by atoms with Crippen LogP contribution in [0, 0.1) is 0 Å². The number of rotatable bonds is 1. The van der Waals surface area contributed by atoms with E-state index >= 15 is 0 Å². The predicted octanol–water partition coefficient (Wildman–Crippen LogP) is 1.67. The fourth-order valence-corrected chi connectivity index (χ4v) is 0.668. The molecule has 0 aliphatic rings. The van der Waals surface area contributed by atoms with E-state index in [0.717, 1.165) is 0 Å². The molecular weight excluding hydrogens is 148 g/mol. The van der Waals surface area contributed by atoms with Crippen molar-refractivity contribution < 1.29 is 15.4 Å². The van der Waals surface area contributed by atoms with Gasteiger partial charge in [0.25, 0.3) is 0 Å². The van der Waals surface area contributed by atoms with Gasteiger partial charge in [-0.1, -0.05) is 12.1 Å². The number of benzene rings is 1. The van der Waals surface area contributed by atoms with Gasteiger partial charge in [0.05, 0.1) is 11.0 Å². The summed E-state index contributed by atoms with van der Waals surface area (Å²) in [5.41, 5.74) is -0.501. The van der Waals surface area contributed by atoms with Gasteiger partial charge < -0.3 is 5.11 Å². The van der Waals surface area contributed by atoms with Crippen molar-refractivity contribution in [3.63, 3.8) is 0 Å². The van der Waals surface area contributed by atoms with Crippen molar-refractivity contribution >= 4 is 18.6 Å². The molecule has 1 N–H and O–H groups in total. The lowest BCUT2D eigenvalue weighted by Crippen LogP contribution is -1.96. The van der Waals surface area contributed by atoms with Crippen LogP contribution in [0.4, 0.5) is 0 Å². The first-order valence-corrected chi connectivity index (χ1v) is 2.85. The van der Waals surface area contributed by atoms with Gasteiger partial charge in [0.2, 0.25) is 0 Å². The van der Waals surface area contributed by atoms with Crippen LogP contribution < -0.4 is 0 Å². The Balaban J connectivity index is 3.68. The second-order valence-corrected chi connectivity index (χ2v) is 1.98. The molecule has 0 saturated carbocycles. The Hall–Kier alpha value is -0.960. The Bertz CT molecular complexity index is 390. The third-order valence-electron chi connectivity index (χ3n) is 0.882. The van der Waals surface area contributed by atoms with Crippen LogP contribution in [-0.4, -0.2) is 11.1 Å². The topological polar surface area (TPSA) is 37.3 Å². The first-order chi connectivity index (χ1) is 6.37. The Kier molecular flexibility index (Phi) is 0.945. The van der Waals surface area contributed by atoms with Crippen molar-refractivity contribution in [2.45, 2.75) is 4.90 Å². The SMILES string of the molecule is [2H]c1c([2H])c([2H])c(C(=O)O)c(S)c1[2H]. The molecule has 1 aromatic carbocycles. The maximum Gasteiger partial charge on any atom is 0.336 e. The molecule has 10 heavy (non-hydrogen) atoms. The van der Waals surface area contributed by atoms with E-state index in [1.54, 1.807) is 0 Å². The zero-order chi connectivity index (χ0) is 11.0. The molecule has 0 radical (unpaired) electrons. The molecule has 0 aromatic heterocycles. The number of thiol groups is 1. The summed E-state index contributed by atoms with van der Waals surface area (Å²) in [5, 5.41) is 8.69. The average Bonchev–Trinajstić information content (AvgIpc) is 2.11. The van der Waals surface area contributed by atoms with Gasteiger partial charge in [0.1, 0.15) is 0 Å². The smallest absolute Gasteiger partial charge is 0.336 e. The van der Waals surface area contributed by atoms with Crippen molar-refractivity contribution in [1.29, 1.82) is 0 Å². The maximum atomic E-state index is 10.7. The summed E-state index contributed by atoms with van der Waals surface area (Å²) in [6.07, 6.45) is 0. The highest BCUT2D eigenvalue weighted by Crippen LogP contribution is 2.11. The van der Waals surface area contributed by atoms with Gasteiger partial charge in [0, 0.05) is 4.90 Å². The maximum absolute atomic E-state index is 10.7. The minimum Gasteiger partial charge on any atom is -0.478 e. The van der Waals surface area contributed by atoms with E-state index in [4.69, 9.17) is 10.6 Å². The molecule has 0 amide bonds. The van der Waals surface area contributed by atoms with Crippen molar-refractivity contribution in [1.82, 2.24) is 0 Å². The van der Waals surface area contributed by atoms with Crippen LogP contribution in [0.3, 0.4) is 0 Å². The molecule has 2 nitrogen and oxygen atoms in total. The highest BCUT2D eigenvalue weighted by Gasteiger charge is 2.03. The van der Waals surface area contributed by atoms with Crippen LogP contribution in [0.15, 0.2) is 29.1 Å². The Morgan fingerprint density at radius 2 is 2.20 bits per heavy atom. The van der Waals surface area contributed by atoms with Crippen LogP contribution in [-0.2, 0) is 0 Å². The zero-order valence-electron chi connectivity index (χ0n) is 8.80. The van der Waals surface area contributed by atoms with Crippen molar-refractivity contribution in [2.24, 2.45) is 0 Å². The summed E-state index contributed by atoms with van der Waals surface area (Å²) in [6, 6.07) is -2.06. The van der Waals surface area contributed by atoms with Crippen LogP contribution in [0.5, 0.6) is 0 Å². The lowest BCUT2D eigenvalue weighted by atomic mass is 10.2. The number of hydrogen-bond donors (Lipinski definition) is 2. The molecule has 0 saturated heterocycles. The lowest BCUT2D eigenvalue weighted by molar-refractivity contribution is 0.0693. The summed E-state index contributed by atoms with van der Waals surface area (Å²) >= 11 is 3.75. The van der Waals surface area contributed by atoms with Crippen LogP contribution in [0.2, 0.25) is 0 Å². The summed E-state index contributed by atoms with van der Waals surface area (Å²) in [7, 11) is 0. The summed E-state index contributed by atoms with van der Waals surface area (Å²) in [4.78, 5) is 10.4. The number of carbonyl (C=O) groups is 1. The van der Waals surface area contributed by atoms with E-state index in [-0.39, 0.29) is 4.90 Å². The molecule has 0 spiro atoms. The molecule has 3 heteroatoms. The van der Waals surface area contributed by atoms with Crippen LogP contribution in [0.25, 0.3) is 0 Å².